The van der Waals surface area contributed by atoms with Crippen molar-refractivity contribution in [2.45, 2.75) is 32.1 Å². The monoisotopic (exact) mass is 212 g/mol. The van der Waals surface area contributed by atoms with Gasteiger partial charge in [0.1, 0.15) is 5.41 Å². The van der Waals surface area contributed by atoms with Crippen LogP contribution in [0, 0.1) is 11.3 Å². The van der Waals surface area contributed by atoms with Crippen LogP contribution in [-0.4, -0.2) is 30.1 Å². The van der Waals surface area contributed by atoms with Crippen molar-refractivity contribution >= 4 is 11.8 Å². The average molecular weight is 212 g/mol. The fourth-order valence-corrected chi connectivity index (χ4v) is 2.45. The van der Waals surface area contributed by atoms with Gasteiger partial charge in [-0.1, -0.05) is 6.42 Å². The van der Waals surface area contributed by atoms with Gasteiger partial charge in [-0.15, -0.1) is 0 Å². The van der Waals surface area contributed by atoms with Crippen molar-refractivity contribution in [1.29, 1.82) is 0 Å². The van der Waals surface area contributed by atoms with Gasteiger partial charge in [-0.25, -0.2) is 0 Å². The highest BCUT2D eigenvalue weighted by Crippen LogP contribution is 2.45. The van der Waals surface area contributed by atoms with Gasteiger partial charge in [0.05, 0.1) is 0 Å². The summed E-state index contributed by atoms with van der Waals surface area (Å²) in [5.74, 6) is -1.06. The molecule has 2 aliphatic rings. The number of aliphatic carboxylic acids is 1. The second-order valence-electron chi connectivity index (χ2n) is 4.49. The molecule has 2 rings (SSSR count). The van der Waals surface area contributed by atoms with Crippen LogP contribution in [0.5, 0.6) is 0 Å². The molecule has 1 N–H and O–H groups in total. The molecule has 0 aromatic rings. The van der Waals surface area contributed by atoms with E-state index in [9.17, 15) is 9.59 Å². The first-order valence-electron chi connectivity index (χ1n) is 5.52. The Hall–Kier alpha value is -0.900. The molecule has 1 saturated heterocycles. The standard InChI is InChI=1S/C11H16O4/c12-9(8-2-6-15-7-3-8)11(10(13)14)4-1-5-11/h8H,1-7H2,(H,13,14). The third-order valence-corrected chi connectivity index (χ3v) is 3.68. The van der Waals surface area contributed by atoms with Gasteiger partial charge in [0.15, 0.2) is 5.78 Å². The van der Waals surface area contributed by atoms with Gasteiger partial charge in [0.25, 0.3) is 0 Å². The van der Waals surface area contributed by atoms with E-state index in [0.29, 0.717) is 38.9 Å². The van der Waals surface area contributed by atoms with Crippen LogP contribution in [0.2, 0.25) is 0 Å². The molecule has 4 heteroatoms. The molecular formula is C11H16O4. The van der Waals surface area contributed by atoms with E-state index < -0.39 is 11.4 Å². The lowest BCUT2D eigenvalue weighted by atomic mass is 9.62. The summed E-state index contributed by atoms with van der Waals surface area (Å²) in [5, 5.41) is 9.13. The van der Waals surface area contributed by atoms with Crippen LogP contribution in [0.3, 0.4) is 0 Å². The van der Waals surface area contributed by atoms with Crippen molar-refractivity contribution in [2.75, 3.05) is 13.2 Å². The SMILES string of the molecule is O=C(O)C1(C(=O)C2CCOCC2)CCC1. The number of Topliss-reactive ketones (excluding diaryl/α,β-unsaturated/α-hetero) is 1. The number of hydrogen-bond acceptors (Lipinski definition) is 3. The van der Waals surface area contributed by atoms with Crippen molar-refractivity contribution in [3.05, 3.63) is 0 Å². The minimum absolute atomic E-state index is 0.0513. The Balaban J connectivity index is 2.07. The first-order valence-corrected chi connectivity index (χ1v) is 5.52. The molecule has 0 unspecified atom stereocenters. The molecular weight excluding hydrogens is 196 g/mol. The van der Waals surface area contributed by atoms with E-state index in [-0.39, 0.29) is 11.7 Å². The molecule has 0 bridgehead atoms. The zero-order valence-electron chi connectivity index (χ0n) is 8.70. The Morgan fingerprint density at radius 1 is 1.20 bits per heavy atom. The van der Waals surface area contributed by atoms with Crippen molar-refractivity contribution < 1.29 is 19.4 Å². The molecule has 2 fully saturated rings. The van der Waals surface area contributed by atoms with Crippen LogP contribution in [0.25, 0.3) is 0 Å². The Bertz CT molecular complexity index is 274. The smallest absolute Gasteiger partial charge is 0.317 e. The predicted molar refractivity (Wildman–Crippen MR) is 52.5 cm³/mol. The summed E-state index contributed by atoms with van der Waals surface area (Å²) in [7, 11) is 0. The number of carbonyl (C=O) groups is 2. The molecule has 0 aromatic carbocycles. The summed E-state index contributed by atoms with van der Waals surface area (Å²) in [6.07, 6.45) is 3.29. The zero-order valence-corrected chi connectivity index (χ0v) is 8.70. The van der Waals surface area contributed by atoms with Crippen molar-refractivity contribution in [3.63, 3.8) is 0 Å². The second-order valence-corrected chi connectivity index (χ2v) is 4.49. The highest BCUT2D eigenvalue weighted by molar-refractivity contribution is 6.05. The molecule has 0 aromatic heterocycles. The van der Waals surface area contributed by atoms with Crippen LogP contribution in [0.15, 0.2) is 0 Å². The largest absolute Gasteiger partial charge is 0.480 e. The maximum Gasteiger partial charge on any atom is 0.317 e. The molecule has 1 heterocycles. The third kappa shape index (κ3) is 1.67. The fourth-order valence-electron chi connectivity index (χ4n) is 2.45. The lowest BCUT2D eigenvalue weighted by Gasteiger charge is -2.39. The molecule has 4 nitrogen and oxygen atoms in total. The van der Waals surface area contributed by atoms with Gasteiger partial charge in [0, 0.05) is 19.1 Å². The van der Waals surface area contributed by atoms with Gasteiger partial charge >= 0.3 is 5.97 Å². The molecule has 1 saturated carbocycles. The maximum absolute atomic E-state index is 12.1. The Kier molecular flexibility index (Phi) is 2.78. The summed E-state index contributed by atoms with van der Waals surface area (Å²) in [5.41, 5.74) is -1.04. The molecule has 0 spiro atoms. The molecule has 0 atom stereocenters. The quantitative estimate of drug-likeness (QED) is 0.715. The van der Waals surface area contributed by atoms with E-state index in [1.54, 1.807) is 0 Å². The second kappa shape index (κ2) is 3.93. The molecule has 1 aliphatic carbocycles. The lowest BCUT2D eigenvalue weighted by Crippen LogP contribution is -2.48. The van der Waals surface area contributed by atoms with Gasteiger partial charge < -0.3 is 9.84 Å². The molecule has 1 aliphatic heterocycles. The first-order chi connectivity index (χ1) is 7.17. The number of carbonyl (C=O) groups excluding carboxylic acids is 1. The highest BCUT2D eigenvalue weighted by atomic mass is 16.5. The minimum Gasteiger partial charge on any atom is -0.480 e. The Labute approximate surface area is 88.6 Å². The van der Waals surface area contributed by atoms with Crippen molar-refractivity contribution in [2.24, 2.45) is 11.3 Å². The first kappa shape index (κ1) is 10.6. The van der Waals surface area contributed by atoms with Crippen LogP contribution in [0.4, 0.5) is 0 Å². The summed E-state index contributed by atoms with van der Waals surface area (Å²) in [6.45, 7) is 1.18. The van der Waals surface area contributed by atoms with E-state index in [4.69, 9.17) is 9.84 Å². The predicted octanol–water partition coefficient (Wildman–Crippen LogP) is 1.24. The molecule has 15 heavy (non-hydrogen) atoms. The van der Waals surface area contributed by atoms with E-state index in [0.717, 1.165) is 6.42 Å². The van der Waals surface area contributed by atoms with Crippen LogP contribution < -0.4 is 0 Å². The van der Waals surface area contributed by atoms with Gasteiger partial charge in [-0.2, -0.15) is 0 Å². The van der Waals surface area contributed by atoms with E-state index in [2.05, 4.69) is 0 Å². The van der Waals surface area contributed by atoms with Crippen molar-refractivity contribution in [1.82, 2.24) is 0 Å². The summed E-state index contributed by atoms with van der Waals surface area (Å²) in [6, 6.07) is 0. The molecule has 0 amide bonds. The van der Waals surface area contributed by atoms with Crippen molar-refractivity contribution in [3.8, 4) is 0 Å². The van der Waals surface area contributed by atoms with Crippen LogP contribution >= 0.6 is 0 Å². The van der Waals surface area contributed by atoms with E-state index in [1.165, 1.54) is 0 Å². The Morgan fingerprint density at radius 3 is 2.20 bits per heavy atom. The summed E-state index contributed by atoms with van der Waals surface area (Å²) in [4.78, 5) is 23.2. The van der Waals surface area contributed by atoms with Crippen LogP contribution in [0.1, 0.15) is 32.1 Å². The van der Waals surface area contributed by atoms with E-state index in [1.807, 2.05) is 0 Å². The minimum atomic E-state index is -1.04. The summed E-state index contributed by atoms with van der Waals surface area (Å²) >= 11 is 0. The van der Waals surface area contributed by atoms with Crippen LogP contribution in [-0.2, 0) is 14.3 Å². The number of ether oxygens (including phenoxy) is 1. The number of rotatable bonds is 3. The number of ketones is 1. The van der Waals surface area contributed by atoms with Gasteiger partial charge in [-0.05, 0) is 25.7 Å². The fraction of sp³-hybridized carbons (Fsp3) is 0.818. The van der Waals surface area contributed by atoms with E-state index >= 15 is 0 Å². The number of carboxylic acids is 1. The average Bonchev–Trinajstić information content (AvgIpc) is 2.16. The molecule has 84 valence electrons. The lowest BCUT2D eigenvalue weighted by molar-refractivity contribution is -0.164. The maximum atomic E-state index is 12.1. The third-order valence-electron chi connectivity index (χ3n) is 3.68. The molecule has 0 radical (unpaired) electrons. The number of carboxylic acid groups (broad SMARTS) is 1. The van der Waals surface area contributed by atoms with Gasteiger partial charge in [-0.3, -0.25) is 9.59 Å². The van der Waals surface area contributed by atoms with Gasteiger partial charge in [0.2, 0.25) is 0 Å². The highest BCUT2D eigenvalue weighted by Gasteiger charge is 2.52. The topological polar surface area (TPSA) is 63.6 Å². The summed E-state index contributed by atoms with van der Waals surface area (Å²) < 4.78 is 5.18. The Morgan fingerprint density at radius 2 is 1.80 bits per heavy atom. The zero-order chi connectivity index (χ0) is 10.9. The number of hydrogen-bond donors (Lipinski definition) is 1. The normalized spacial score (nSPS) is 25.6.